The Balaban J connectivity index is 1.82. The normalized spacial score (nSPS) is 11.1. The highest BCUT2D eigenvalue weighted by Gasteiger charge is 2.22. The van der Waals surface area contributed by atoms with Gasteiger partial charge in [-0.1, -0.05) is 24.3 Å². The Kier molecular flexibility index (Phi) is 6.05. The summed E-state index contributed by atoms with van der Waals surface area (Å²) in [7, 11) is 3.23. The summed E-state index contributed by atoms with van der Waals surface area (Å²) >= 11 is 1.54. The SMILES string of the molecule is COc1ccc(-c2sc3cc(OC)ccc3c2C(=O)c2ccc(/C=C/C(=O)O)cc2)cc1. The van der Waals surface area contributed by atoms with Crippen molar-refractivity contribution in [1.29, 1.82) is 0 Å². The quantitative estimate of drug-likeness (QED) is 0.283. The molecule has 1 N–H and O–H groups in total. The lowest BCUT2D eigenvalue weighted by Gasteiger charge is -2.07. The third-order valence-electron chi connectivity index (χ3n) is 5.07. The molecule has 1 heterocycles. The van der Waals surface area contributed by atoms with E-state index in [4.69, 9.17) is 14.6 Å². The van der Waals surface area contributed by atoms with Crippen LogP contribution in [0.1, 0.15) is 21.5 Å². The zero-order chi connectivity index (χ0) is 22.7. The number of carbonyl (C=O) groups excluding carboxylic acids is 1. The van der Waals surface area contributed by atoms with Crippen LogP contribution in [0.4, 0.5) is 0 Å². The van der Waals surface area contributed by atoms with E-state index < -0.39 is 5.97 Å². The van der Waals surface area contributed by atoms with Crippen molar-refractivity contribution < 1.29 is 24.2 Å². The van der Waals surface area contributed by atoms with Gasteiger partial charge in [0, 0.05) is 32.2 Å². The molecule has 0 saturated heterocycles. The number of aliphatic carboxylic acids is 1. The average Bonchev–Trinajstić information content (AvgIpc) is 3.21. The number of ketones is 1. The Morgan fingerprint density at radius 3 is 2.16 bits per heavy atom. The molecule has 160 valence electrons. The first-order valence-corrected chi connectivity index (χ1v) is 10.6. The molecule has 0 saturated carbocycles. The van der Waals surface area contributed by atoms with Crippen LogP contribution in [0.5, 0.6) is 11.5 Å². The van der Waals surface area contributed by atoms with Crippen LogP contribution >= 0.6 is 11.3 Å². The Labute approximate surface area is 189 Å². The smallest absolute Gasteiger partial charge is 0.328 e. The van der Waals surface area contributed by atoms with Gasteiger partial charge in [0.25, 0.3) is 0 Å². The monoisotopic (exact) mass is 444 g/mol. The van der Waals surface area contributed by atoms with Crippen LogP contribution in [-0.4, -0.2) is 31.1 Å². The molecule has 0 spiro atoms. The van der Waals surface area contributed by atoms with Gasteiger partial charge in [-0.2, -0.15) is 0 Å². The molecule has 0 amide bonds. The highest BCUT2D eigenvalue weighted by atomic mass is 32.1. The van der Waals surface area contributed by atoms with E-state index in [2.05, 4.69) is 0 Å². The summed E-state index contributed by atoms with van der Waals surface area (Å²) in [5.74, 6) is 0.360. The van der Waals surface area contributed by atoms with Gasteiger partial charge in [0.15, 0.2) is 5.78 Å². The third kappa shape index (κ3) is 4.26. The third-order valence-corrected chi connectivity index (χ3v) is 6.27. The molecule has 0 radical (unpaired) electrons. The van der Waals surface area contributed by atoms with Crippen molar-refractivity contribution in [1.82, 2.24) is 0 Å². The van der Waals surface area contributed by atoms with Gasteiger partial charge in [-0.25, -0.2) is 4.79 Å². The van der Waals surface area contributed by atoms with Crippen LogP contribution in [0, 0.1) is 0 Å². The molecule has 5 nitrogen and oxygen atoms in total. The number of fused-ring (bicyclic) bond motifs is 1. The summed E-state index contributed by atoms with van der Waals surface area (Å²) in [5.41, 5.74) is 2.80. The maximum atomic E-state index is 13.6. The van der Waals surface area contributed by atoms with E-state index >= 15 is 0 Å². The number of rotatable bonds is 7. The summed E-state index contributed by atoms with van der Waals surface area (Å²) in [6, 6.07) is 20.2. The van der Waals surface area contributed by atoms with Crippen molar-refractivity contribution in [3.05, 3.63) is 89.5 Å². The number of methoxy groups -OCH3 is 2. The van der Waals surface area contributed by atoms with Gasteiger partial charge >= 0.3 is 5.97 Å². The second kappa shape index (κ2) is 9.08. The molecule has 0 bridgehead atoms. The number of benzene rings is 3. The molecule has 4 rings (SSSR count). The second-order valence-electron chi connectivity index (χ2n) is 7.02. The van der Waals surface area contributed by atoms with Gasteiger partial charge in [0.2, 0.25) is 0 Å². The maximum absolute atomic E-state index is 13.6. The van der Waals surface area contributed by atoms with Crippen molar-refractivity contribution in [3.63, 3.8) is 0 Å². The molecule has 0 unspecified atom stereocenters. The molecule has 0 aliphatic carbocycles. The summed E-state index contributed by atoms with van der Waals surface area (Å²) in [4.78, 5) is 25.2. The predicted molar refractivity (Wildman–Crippen MR) is 127 cm³/mol. The Morgan fingerprint density at radius 1 is 0.875 bits per heavy atom. The number of hydrogen-bond acceptors (Lipinski definition) is 5. The van der Waals surface area contributed by atoms with Crippen molar-refractivity contribution in [3.8, 4) is 21.9 Å². The lowest BCUT2D eigenvalue weighted by Crippen LogP contribution is -2.02. The zero-order valence-corrected chi connectivity index (χ0v) is 18.3. The molecule has 0 aliphatic rings. The number of carbonyl (C=O) groups is 2. The van der Waals surface area contributed by atoms with E-state index in [9.17, 15) is 9.59 Å². The number of thiophene rings is 1. The van der Waals surface area contributed by atoms with E-state index in [1.807, 2.05) is 42.5 Å². The molecule has 32 heavy (non-hydrogen) atoms. The molecular weight excluding hydrogens is 424 g/mol. The first-order valence-electron chi connectivity index (χ1n) is 9.81. The van der Waals surface area contributed by atoms with E-state index in [0.29, 0.717) is 16.7 Å². The van der Waals surface area contributed by atoms with E-state index in [1.165, 1.54) is 17.4 Å². The standard InChI is InChI=1S/C26H20O5S/c1-30-19-10-8-18(9-11-19)26-24(21-13-12-20(31-2)15-22(21)32-26)25(29)17-6-3-16(4-7-17)5-14-23(27)28/h3-15H,1-2H3,(H,27,28)/b14-5+. The highest BCUT2D eigenvalue weighted by Crippen LogP contribution is 2.41. The van der Waals surface area contributed by atoms with Crippen LogP contribution in [-0.2, 0) is 4.79 Å². The number of carboxylic acid groups (broad SMARTS) is 1. The molecule has 6 heteroatoms. The van der Waals surface area contributed by atoms with Crippen LogP contribution < -0.4 is 9.47 Å². The largest absolute Gasteiger partial charge is 0.497 e. The minimum absolute atomic E-state index is 0.0963. The van der Waals surface area contributed by atoms with Crippen LogP contribution in [0.15, 0.2) is 72.8 Å². The molecule has 3 aromatic carbocycles. The maximum Gasteiger partial charge on any atom is 0.328 e. The highest BCUT2D eigenvalue weighted by molar-refractivity contribution is 7.22. The van der Waals surface area contributed by atoms with Crippen LogP contribution in [0.2, 0.25) is 0 Å². The van der Waals surface area contributed by atoms with Gasteiger partial charge in [-0.05, 0) is 59.7 Å². The van der Waals surface area contributed by atoms with Crippen molar-refractivity contribution in [2.45, 2.75) is 0 Å². The Morgan fingerprint density at radius 2 is 1.53 bits per heavy atom. The fourth-order valence-electron chi connectivity index (χ4n) is 3.43. The zero-order valence-electron chi connectivity index (χ0n) is 17.5. The molecule has 0 aliphatic heterocycles. The lowest BCUT2D eigenvalue weighted by molar-refractivity contribution is -0.131. The van der Waals surface area contributed by atoms with Crippen molar-refractivity contribution in [2.24, 2.45) is 0 Å². The van der Waals surface area contributed by atoms with Gasteiger partial charge in [-0.15, -0.1) is 11.3 Å². The summed E-state index contributed by atoms with van der Waals surface area (Å²) in [6.07, 6.45) is 2.56. The molecule has 0 atom stereocenters. The van der Waals surface area contributed by atoms with Crippen molar-refractivity contribution in [2.75, 3.05) is 14.2 Å². The van der Waals surface area contributed by atoms with Crippen molar-refractivity contribution >= 4 is 39.3 Å². The number of ether oxygens (including phenoxy) is 2. The van der Waals surface area contributed by atoms with Gasteiger partial charge in [0.1, 0.15) is 11.5 Å². The first kappa shape index (κ1) is 21.3. The minimum atomic E-state index is -1.02. The van der Waals surface area contributed by atoms with Gasteiger partial charge in [0.05, 0.1) is 14.2 Å². The Bertz CT molecular complexity index is 1320. The van der Waals surface area contributed by atoms with Crippen LogP contribution in [0.3, 0.4) is 0 Å². The average molecular weight is 445 g/mol. The molecule has 4 aromatic rings. The Hall–Kier alpha value is -3.90. The topological polar surface area (TPSA) is 72.8 Å². The van der Waals surface area contributed by atoms with E-state index in [1.54, 1.807) is 38.5 Å². The lowest BCUT2D eigenvalue weighted by atomic mass is 9.97. The summed E-state index contributed by atoms with van der Waals surface area (Å²) < 4.78 is 11.6. The summed E-state index contributed by atoms with van der Waals surface area (Å²) in [5, 5.41) is 9.66. The van der Waals surface area contributed by atoms with E-state index in [0.717, 1.165) is 38.1 Å². The fraction of sp³-hybridized carbons (Fsp3) is 0.0769. The predicted octanol–water partition coefficient (Wildman–Crippen LogP) is 5.91. The summed E-state index contributed by atoms with van der Waals surface area (Å²) in [6.45, 7) is 0. The fourth-order valence-corrected chi connectivity index (χ4v) is 4.67. The number of hydrogen-bond donors (Lipinski definition) is 1. The second-order valence-corrected chi connectivity index (χ2v) is 8.07. The van der Waals surface area contributed by atoms with Gasteiger partial charge in [-0.3, -0.25) is 4.79 Å². The minimum Gasteiger partial charge on any atom is -0.497 e. The molecular formula is C26H20O5S. The number of carboxylic acids is 1. The van der Waals surface area contributed by atoms with Gasteiger partial charge < -0.3 is 14.6 Å². The molecule has 0 fully saturated rings. The molecule has 1 aromatic heterocycles. The first-order chi connectivity index (χ1) is 15.5. The van der Waals surface area contributed by atoms with Crippen LogP contribution in [0.25, 0.3) is 26.6 Å². The van der Waals surface area contributed by atoms with E-state index in [-0.39, 0.29) is 5.78 Å².